The first-order valence-electron chi connectivity index (χ1n) is 8.25. The fourth-order valence-corrected chi connectivity index (χ4v) is 5.54. The van der Waals surface area contributed by atoms with Gasteiger partial charge < -0.3 is 0 Å². The van der Waals surface area contributed by atoms with Gasteiger partial charge in [-0.25, -0.2) is 0 Å². The van der Waals surface area contributed by atoms with E-state index in [9.17, 15) is 4.79 Å². The monoisotopic (exact) mass is 296 g/mol. The van der Waals surface area contributed by atoms with E-state index in [1.54, 1.807) is 0 Å². The normalized spacial score (nSPS) is 15.8. The summed E-state index contributed by atoms with van der Waals surface area (Å²) in [6.07, 6.45) is 7.89. The SMILES string of the molecule is C=CC(C)C(=O)C(CCCCCC)[Si](C)(C)C(C)(C)C. The first-order valence-corrected chi connectivity index (χ1v) is 11.3. The van der Waals surface area contributed by atoms with Gasteiger partial charge in [-0.3, -0.25) is 4.79 Å². The molecule has 0 fully saturated rings. The van der Waals surface area contributed by atoms with Crippen LogP contribution < -0.4 is 0 Å². The highest BCUT2D eigenvalue weighted by Crippen LogP contribution is 2.46. The van der Waals surface area contributed by atoms with E-state index < -0.39 is 8.07 Å². The molecule has 0 bridgehead atoms. The van der Waals surface area contributed by atoms with Gasteiger partial charge in [-0.05, 0) is 11.5 Å². The molecule has 0 saturated carbocycles. The maximum Gasteiger partial charge on any atom is 0.139 e. The van der Waals surface area contributed by atoms with Gasteiger partial charge in [-0.1, -0.05) is 79.5 Å². The van der Waals surface area contributed by atoms with Crippen LogP contribution in [0.4, 0.5) is 0 Å². The average molecular weight is 297 g/mol. The minimum atomic E-state index is -1.63. The molecule has 0 amide bonds. The van der Waals surface area contributed by atoms with Crippen molar-refractivity contribution in [3.63, 3.8) is 0 Å². The number of carbonyl (C=O) groups is 1. The summed E-state index contributed by atoms with van der Waals surface area (Å²) in [5, 5.41) is 0.263. The third-order valence-corrected chi connectivity index (χ3v) is 11.5. The molecule has 20 heavy (non-hydrogen) atoms. The molecular formula is C18H36OSi. The summed E-state index contributed by atoms with van der Waals surface area (Å²) in [4.78, 5) is 12.8. The van der Waals surface area contributed by atoms with Crippen LogP contribution in [0.3, 0.4) is 0 Å². The zero-order valence-electron chi connectivity index (χ0n) is 14.9. The Labute approximate surface area is 128 Å². The fourth-order valence-electron chi connectivity index (χ4n) is 2.59. The minimum absolute atomic E-state index is 0.000278. The van der Waals surface area contributed by atoms with Crippen LogP contribution in [-0.2, 0) is 4.79 Å². The van der Waals surface area contributed by atoms with Crippen LogP contribution in [0, 0.1) is 5.92 Å². The highest BCUT2D eigenvalue weighted by Gasteiger charge is 2.45. The highest BCUT2D eigenvalue weighted by atomic mass is 28.3. The van der Waals surface area contributed by atoms with Crippen molar-refractivity contribution >= 4 is 13.9 Å². The third-order valence-electron chi connectivity index (χ3n) is 5.30. The van der Waals surface area contributed by atoms with Gasteiger partial charge in [0.25, 0.3) is 0 Å². The topological polar surface area (TPSA) is 17.1 Å². The predicted molar refractivity (Wildman–Crippen MR) is 94.1 cm³/mol. The van der Waals surface area contributed by atoms with Crippen molar-refractivity contribution < 1.29 is 4.79 Å². The zero-order chi connectivity index (χ0) is 16.0. The lowest BCUT2D eigenvalue weighted by atomic mass is 9.99. The number of hydrogen-bond acceptors (Lipinski definition) is 1. The molecule has 1 nitrogen and oxygen atoms in total. The van der Waals surface area contributed by atoms with Crippen molar-refractivity contribution in [3.8, 4) is 0 Å². The number of ketones is 1. The molecule has 2 heteroatoms. The number of hydrogen-bond donors (Lipinski definition) is 0. The van der Waals surface area contributed by atoms with Crippen LogP contribution in [0.15, 0.2) is 12.7 Å². The van der Waals surface area contributed by atoms with E-state index in [-0.39, 0.29) is 16.5 Å². The maximum absolute atomic E-state index is 12.8. The van der Waals surface area contributed by atoms with Gasteiger partial charge in [0.2, 0.25) is 0 Å². The molecule has 0 N–H and O–H groups in total. The lowest BCUT2D eigenvalue weighted by Crippen LogP contribution is -2.46. The van der Waals surface area contributed by atoms with Crippen molar-refractivity contribution in [2.45, 2.75) is 90.4 Å². The standard InChI is InChI=1S/C18H36OSi/c1-9-11-12-13-14-16(17(19)15(3)10-2)20(7,8)18(4,5)6/h10,15-16H,2,9,11-14H2,1,3-8H3. The van der Waals surface area contributed by atoms with Gasteiger partial charge >= 0.3 is 0 Å². The van der Waals surface area contributed by atoms with Crippen LogP contribution in [0.2, 0.25) is 23.7 Å². The van der Waals surface area contributed by atoms with Crippen LogP contribution in [0.25, 0.3) is 0 Å². The van der Waals surface area contributed by atoms with E-state index in [0.29, 0.717) is 5.78 Å². The Morgan fingerprint density at radius 1 is 1.20 bits per heavy atom. The second-order valence-corrected chi connectivity index (χ2v) is 13.4. The molecule has 0 rings (SSSR count). The average Bonchev–Trinajstić information content (AvgIpc) is 2.35. The first kappa shape index (κ1) is 19.6. The van der Waals surface area contributed by atoms with Gasteiger partial charge in [0, 0.05) is 11.5 Å². The molecule has 0 heterocycles. The van der Waals surface area contributed by atoms with Crippen LogP contribution >= 0.6 is 0 Å². The van der Waals surface area contributed by atoms with Crippen LogP contribution in [0.5, 0.6) is 0 Å². The largest absolute Gasteiger partial charge is 0.299 e. The van der Waals surface area contributed by atoms with Gasteiger partial charge in [0.1, 0.15) is 5.78 Å². The van der Waals surface area contributed by atoms with Gasteiger partial charge in [-0.15, -0.1) is 6.58 Å². The predicted octanol–water partition coefficient (Wildman–Crippen LogP) is 6.23. The van der Waals surface area contributed by atoms with E-state index in [2.05, 4.69) is 47.4 Å². The van der Waals surface area contributed by atoms with Crippen molar-refractivity contribution in [2.75, 3.05) is 0 Å². The molecule has 2 atom stereocenters. The summed E-state index contributed by atoms with van der Waals surface area (Å²) < 4.78 is 0. The number of Topliss-reactive ketones (excluding diaryl/α,β-unsaturated/α-hetero) is 1. The smallest absolute Gasteiger partial charge is 0.139 e. The van der Waals surface area contributed by atoms with Crippen molar-refractivity contribution in [2.24, 2.45) is 5.92 Å². The zero-order valence-corrected chi connectivity index (χ0v) is 15.9. The second kappa shape index (κ2) is 8.16. The van der Waals surface area contributed by atoms with Gasteiger partial charge in [-0.2, -0.15) is 0 Å². The third kappa shape index (κ3) is 5.20. The van der Waals surface area contributed by atoms with Crippen molar-refractivity contribution in [3.05, 3.63) is 12.7 Å². The van der Waals surface area contributed by atoms with Crippen LogP contribution in [0.1, 0.15) is 66.7 Å². The first-order chi connectivity index (χ1) is 9.09. The molecule has 0 aliphatic rings. The van der Waals surface area contributed by atoms with E-state index in [1.165, 1.54) is 25.7 Å². The Hall–Kier alpha value is -0.373. The van der Waals surface area contributed by atoms with E-state index >= 15 is 0 Å². The van der Waals surface area contributed by atoms with Crippen molar-refractivity contribution in [1.82, 2.24) is 0 Å². The Morgan fingerprint density at radius 3 is 2.15 bits per heavy atom. The lowest BCUT2D eigenvalue weighted by molar-refractivity contribution is -0.121. The molecule has 118 valence electrons. The molecular weight excluding hydrogens is 260 g/mol. The number of allylic oxidation sites excluding steroid dienone is 1. The Kier molecular flexibility index (Phi) is 8.01. The molecule has 0 aromatic heterocycles. The van der Waals surface area contributed by atoms with Crippen LogP contribution in [-0.4, -0.2) is 13.9 Å². The molecule has 2 unspecified atom stereocenters. The molecule has 0 aliphatic carbocycles. The van der Waals surface area contributed by atoms with Gasteiger partial charge in [0.15, 0.2) is 0 Å². The Morgan fingerprint density at radius 2 is 1.75 bits per heavy atom. The number of unbranched alkanes of at least 4 members (excludes halogenated alkanes) is 3. The Balaban J connectivity index is 5.06. The van der Waals surface area contributed by atoms with E-state index in [4.69, 9.17) is 0 Å². The quantitative estimate of drug-likeness (QED) is 0.280. The summed E-state index contributed by atoms with van der Waals surface area (Å²) >= 11 is 0. The summed E-state index contributed by atoms with van der Waals surface area (Å²) in [7, 11) is -1.63. The molecule has 0 aromatic rings. The lowest BCUT2D eigenvalue weighted by Gasteiger charge is -2.43. The fraction of sp³-hybridized carbons (Fsp3) is 0.833. The molecule has 0 aromatic carbocycles. The number of rotatable bonds is 9. The Bertz CT molecular complexity index is 312. The molecule has 0 aliphatic heterocycles. The summed E-state index contributed by atoms with van der Waals surface area (Å²) in [6.45, 7) is 19.8. The van der Waals surface area contributed by atoms with Gasteiger partial charge in [0.05, 0.1) is 8.07 Å². The molecule has 0 radical (unpaired) electrons. The summed E-state index contributed by atoms with van der Waals surface area (Å²) in [5.41, 5.74) is 0.271. The maximum atomic E-state index is 12.8. The van der Waals surface area contributed by atoms with E-state index in [0.717, 1.165) is 6.42 Å². The molecule has 0 saturated heterocycles. The second-order valence-electron chi connectivity index (χ2n) is 7.80. The summed E-state index contributed by atoms with van der Waals surface area (Å²) in [6, 6.07) is 0. The number of carbonyl (C=O) groups excluding carboxylic acids is 1. The van der Waals surface area contributed by atoms with Crippen molar-refractivity contribution in [1.29, 1.82) is 0 Å². The highest BCUT2D eigenvalue weighted by molar-refractivity contribution is 6.84. The van der Waals surface area contributed by atoms with E-state index in [1.807, 2.05) is 13.0 Å². The summed E-state index contributed by atoms with van der Waals surface area (Å²) in [5.74, 6) is 0.434. The molecule has 0 spiro atoms. The minimum Gasteiger partial charge on any atom is -0.299 e.